The number of amides is 2. The van der Waals surface area contributed by atoms with E-state index in [0.717, 1.165) is 36.6 Å². The van der Waals surface area contributed by atoms with Crippen LogP contribution in [0.15, 0.2) is 71.3 Å². The fraction of sp³-hybridized carbons (Fsp3) is 0.280. The van der Waals surface area contributed by atoms with Gasteiger partial charge in [-0.2, -0.15) is 0 Å². The molecule has 1 aromatic heterocycles. The third kappa shape index (κ3) is 5.18. The van der Waals surface area contributed by atoms with Gasteiger partial charge in [0.2, 0.25) is 0 Å². The first-order valence-corrected chi connectivity index (χ1v) is 10.7. The molecule has 0 radical (unpaired) electrons. The van der Waals surface area contributed by atoms with Crippen molar-refractivity contribution in [1.82, 2.24) is 15.5 Å². The van der Waals surface area contributed by atoms with E-state index in [9.17, 15) is 9.59 Å². The van der Waals surface area contributed by atoms with Gasteiger partial charge in [-0.05, 0) is 47.4 Å². The molecule has 0 fully saturated rings. The van der Waals surface area contributed by atoms with Crippen molar-refractivity contribution in [3.63, 3.8) is 0 Å². The first kappa shape index (κ1) is 21.6. The van der Waals surface area contributed by atoms with Crippen LogP contribution in [-0.2, 0) is 29.1 Å². The van der Waals surface area contributed by atoms with E-state index >= 15 is 0 Å². The second kappa shape index (κ2) is 10.2. The molecule has 1 atom stereocenters. The number of nitrogens with zero attached hydrogens (tertiary/aromatic N) is 1. The summed E-state index contributed by atoms with van der Waals surface area (Å²) < 4.78 is 10.8. The topological polar surface area (TPSA) is 83.8 Å². The number of nitrogens with one attached hydrogen (secondary N) is 2. The van der Waals surface area contributed by atoms with Crippen LogP contribution in [0.1, 0.15) is 28.5 Å². The normalized spacial score (nSPS) is 14.3. The van der Waals surface area contributed by atoms with E-state index in [2.05, 4.69) is 33.7 Å². The molecule has 2 aromatic carbocycles. The molecule has 0 saturated carbocycles. The Hall–Kier alpha value is -3.58. The molecule has 7 heteroatoms. The lowest BCUT2D eigenvalue weighted by Gasteiger charge is -2.34. The standard InChI is InChI=1S/C25H27N3O4/c1-31-21-10-8-18(9-11-21)15-26-24(29)25(30)27-16-22(23-7-4-14-32-23)28-13-12-19-5-2-3-6-20(19)17-28/h2-11,14,22H,12-13,15-17H2,1H3,(H,26,29)(H,27,30). The zero-order valence-electron chi connectivity index (χ0n) is 18.0. The van der Waals surface area contributed by atoms with E-state index in [1.165, 1.54) is 11.1 Å². The molecule has 4 rings (SSSR count). The molecule has 1 unspecified atom stereocenters. The predicted octanol–water partition coefficient (Wildman–Crippen LogP) is 2.82. The van der Waals surface area contributed by atoms with E-state index in [1.807, 2.05) is 42.5 Å². The van der Waals surface area contributed by atoms with Gasteiger partial charge in [0.15, 0.2) is 0 Å². The molecule has 166 valence electrons. The van der Waals surface area contributed by atoms with Gasteiger partial charge in [0, 0.05) is 26.2 Å². The van der Waals surface area contributed by atoms with Crippen molar-refractivity contribution in [1.29, 1.82) is 0 Å². The smallest absolute Gasteiger partial charge is 0.309 e. The number of benzene rings is 2. The van der Waals surface area contributed by atoms with Crippen LogP contribution in [0.2, 0.25) is 0 Å². The zero-order chi connectivity index (χ0) is 22.3. The average molecular weight is 434 g/mol. The summed E-state index contributed by atoms with van der Waals surface area (Å²) >= 11 is 0. The lowest BCUT2D eigenvalue weighted by Crippen LogP contribution is -2.45. The van der Waals surface area contributed by atoms with Crippen molar-refractivity contribution in [2.24, 2.45) is 0 Å². The van der Waals surface area contributed by atoms with Crippen molar-refractivity contribution in [2.45, 2.75) is 25.6 Å². The van der Waals surface area contributed by atoms with Crippen LogP contribution in [0.3, 0.4) is 0 Å². The minimum absolute atomic E-state index is 0.156. The molecule has 0 aliphatic carbocycles. The van der Waals surface area contributed by atoms with Crippen LogP contribution in [-0.4, -0.2) is 36.9 Å². The number of fused-ring (bicyclic) bond motifs is 1. The van der Waals surface area contributed by atoms with Gasteiger partial charge in [-0.1, -0.05) is 36.4 Å². The van der Waals surface area contributed by atoms with Crippen LogP contribution >= 0.6 is 0 Å². The van der Waals surface area contributed by atoms with Crippen LogP contribution in [0.4, 0.5) is 0 Å². The fourth-order valence-electron chi connectivity index (χ4n) is 3.95. The molecule has 3 aromatic rings. The van der Waals surface area contributed by atoms with Crippen molar-refractivity contribution < 1.29 is 18.7 Å². The summed E-state index contributed by atoms with van der Waals surface area (Å²) in [6, 6.07) is 19.3. The second-order valence-corrected chi connectivity index (χ2v) is 7.76. The summed E-state index contributed by atoms with van der Waals surface area (Å²) in [4.78, 5) is 27.0. The first-order chi connectivity index (χ1) is 15.6. The van der Waals surface area contributed by atoms with Gasteiger partial charge >= 0.3 is 11.8 Å². The molecule has 0 bridgehead atoms. The van der Waals surface area contributed by atoms with E-state index in [1.54, 1.807) is 13.4 Å². The van der Waals surface area contributed by atoms with E-state index < -0.39 is 11.8 Å². The van der Waals surface area contributed by atoms with Crippen molar-refractivity contribution in [3.05, 3.63) is 89.4 Å². The van der Waals surface area contributed by atoms with Crippen LogP contribution in [0, 0.1) is 0 Å². The number of furan rings is 1. The van der Waals surface area contributed by atoms with Crippen molar-refractivity contribution in [2.75, 3.05) is 20.2 Å². The highest BCUT2D eigenvalue weighted by Crippen LogP contribution is 2.27. The maximum Gasteiger partial charge on any atom is 0.309 e. The molecule has 0 spiro atoms. The quantitative estimate of drug-likeness (QED) is 0.560. The number of hydrogen-bond donors (Lipinski definition) is 2. The van der Waals surface area contributed by atoms with Gasteiger partial charge in [-0.25, -0.2) is 0 Å². The zero-order valence-corrected chi connectivity index (χ0v) is 18.0. The number of hydrogen-bond acceptors (Lipinski definition) is 5. The minimum atomic E-state index is -0.664. The molecule has 2 N–H and O–H groups in total. The first-order valence-electron chi connectivity index (χ1n) is 10.7. The Morgan fingerprint density at radius 2 is 1.75 bits per heavy atom. The largest absolute Gasteiger partial charge is 0.497 e. The van der Waals surface area contributed by atoms with Gasteiger partial charge in [-0.15, -0.1) is 0 Å². The molecule has 7 nitrogen and oxygen atoms in total. The Balaban J connectivity index is 1.34. The summed E-state index contributed by atoms with van der Waals surface area (Å²) in [5.74, 6) is 0.181. The average Bonchev–Trinajstić information content (AvgIpc) is 3.37. The van der Waals surface area contributed by atoms with Gasteiger partial charge in [0.25, 0.3) is 0 Å². The maximum atomic E-state index is 12.4. The van der Waals surface area contributed by atoms with Crippen LogP contribution < -0.4 is 15.4 Å². The number of carbonyl (C=O) groups is 2. The van der Waals surface area contributed by atoms with Crippen molar-refractivity contribution in [3.8, 4) is 5.75 Å². The molecule has 2 heterocycles. The molecule has 0 saturated heterocycles. The predicted molar refractivity (Wildman–Crippen MR) is 120 cm³/mol. The van der Waals surface area contributed by atoms with Crippen molar-refractivity contribution >= 4 is 11.8 Å². The summed E-state index contributed by atoms with van der Waals surface area (Å²) in [7, 11) is 1.60. The van der Waals surface area contributed by atoms with Gasteiger partial charge in [-0.3, -0.25) is 14.5 Å². The molecule has 1 aliphatic heterocycles. The number of ether oxygens (including phenoxy) is 1. The van der Waals surface area contributed by atoms with Crippen LogP contribution in [0.25, 0.3) is 0 Å². The lowest BCUT2D eigenvalue weighted by atomic mass is 9.98. The third-order valence-corrected chi connectivity index (χ3v) is 5.75. The van der Waals surface area contributed by atoms with E-state index in [-0.39, 0.29) is 19.1 Å². The van der Waals surface area contributed by atoms with E-state index in [0.29, 0.717) is 0 Å². The Morgan fingerprint density at radius 3 is 2.47 bits per heavy atom. The highest BCUT2D eigenvalue weighted by Gasteiger charge is 2.27. The third-order valence-electron chi connectivity index (χ3n) is 5.75. The number of rotatable bonds is 7. The molecule has 2 amide bonds. The van der Waals surface area contributed by atoms with Gasteiger partial charge in [0.1, 0.15) is 11.5 Å². The second-order valence-electron chi connectivity index (χ2n) is 7.76. The highest BCUT2D eigenvalue weighted by atomic mass is 16.5. The molecule has 1 aliphatic rings. The summed E-state index contributed by atoms with van der Waals surface area (Å²) in [5.41, 5.74) is 3.51. The summed E-state index contributed by atoms with van der Waals surface area (Å²) in [6.45, 7) is 2.16. The minimum Gasteiger partial charge on any atom is -0.497 e. The number of methoxy groups -OCH3 is 1. The van der Waals surface area contributed by atoms with E-state index in [4.69, 9.17) is 9.15 Å². The molecular formula is C25H27N3O4. The Kier molecular flexibility index (Phi) is 6.87. The Morgan fingerprint density at radius 1 is 1.00 bits per heavy atom. The Labute approximate surface area is 187 Å². The van der Waals surface area contributed by atoms with Crippen LogP contribution in [0.5, 0.6) is 5.75 Å². The maximum absolute atomic E-state index is 12.4. The molecular weight excluding hydrogens is 406 g/mol. The summed E-state index contributed by atoms with van der Waals surface area (Å²) in [6.07, 6.45) is 2.56. The van der Waals surface area contributed by atoms with Gasteiger partial charge < -0.3 is 19.8 Å². The Bertz CT molecular complexity index is 1050. The fourth-order valence-corrected chi connectivity index (χ4v) is 3.95. The summed E-state index contributed by atoms with van der Waals surface area (Å²) in [5, 5.41) is 5.43. The SMILES string of the molecule is COc1ccc(CNC(=O)C(=O)NCC(c2ccco2)N2CCc3ccccc3C2)cc1. The van der Waals surface area contributed by atoms with Gasteiger partial charge in [0.05, 0.1) is 19.4 Å². The lowest BCUT2D eigenvalue weighted by molar-refractivity contribution is -0.139. The molecule has 32 heavy (non-hydrogen) atoms. The monoisotopic (exact) mass is 433 g/mol. The number of carbonyl (C=O) groups excluding carboxylic acids is 2. The highest BCUT2D eigenvalue weighted by molar-refractivity contribution is 6.35.